The van der Waals surface area contributed by atoms with Gasteiger partial charge in [-0.2, -0.15) is 0 Å². The summed E-state index contributed by atoms with van der Waals surface area (Å²) in [4.78, 5) is 24.8. The highest BCUT2D eigenvalue weighted by Crippen LogP contribution is 1.98. The highest BCUT2D eigenvalue weighted by Gasteiger charge is 2.27. The van der Waals surface area contributed by atoms with Crippen molar-refractivity contribution >= 4 is 11.8 Å². The Bertz CT molecular complexity index is 482. The van der Waals surface area contributed by atoms with E-state index < -0.39 is 0 Å². The third kappa shape index (κ3) is 4.84. The normalized spacial score (nSPS) is 25.1. The van der Waals surface area contributed by atoms with Gasteiger partial charge in [0.05, 0.1) is 0 Å². The molecule has 3 N–H and O–H groups in total. The molecule has 0 radical (unpaired) electrons. The highest BCUT2D eigenvalue weighted by molar-refractivity contribution is 5.95. The molecule has 1 heterocycles. The number of nitrogens with one attached hydrogen (secondary N) is 3. The van der Waals surface area contributed by atoms with Gasteiger partial charge in [0.2, 0.25) is 0 Å². The molecular formula is C15H22N3O3+. The van der Waals surface area contributed by atoms with E-state index in [4.69, 9.17) is 4.74 Å². The fraction of sp³-hybridized carbons (Fsp3) is 0.467. The van der Waals surface area contributed by atoms with Gasteiger partial charge in [-0.1, -0.05) is 18.2 Å². The molecule has 0 aliphatic carbocycles. The van der Waals surface area contributed by atoms with Crippen LogP contribution in [0.5, 0.6) is 0 Å². The van der Waals surface area contributed by atoms with Crippen molar-refractivity contribution in [3.8, 4) is 0 Å². The SMILES string of the molecule is C[C@@H]1C[NH+](CC(=O)NNC(=O)c2ccccc2)C[C@@H](C)O1. The molecule has 0 unspecified atom stereocenters. The van der Waals surface area contributed by atoms with Crippen LogP contribution in [0.4, 0.5) is 0 Å². The molecule has 6 nitrogen and oxygen atoms in total. The lowest BCUT2D eigenvalue weighted by atomic mass is 10.2. The molecule has 1 aromatic rings. The average molecular weight is 292 g/mol. The summed E-state index contributed by atoms with van der Waals surface area (Å²) in [5.74, 6) is -0.516. The van der Waals surface area contributed by atoms with Crippen LogP contribution in [0.3, 0.4) is 0 Å². The predicted molar refractivity (Wildman–Crippen MR) is 77.6 cm³/mol. The smallest absolute Gasteiger partial charge is 0.293 e. The van der Waals surface area contributed by atoms with Crippen LogP contribution < -0.4 is 15.8 Å². The second kappa shape index (κ2) is 7.19. The quantitative estimate of drug-likeness (QED) is 0.635. The molecule has 0 spiro atoms. The third-order valence-corrected chi connectivity index (χ3v) is 3.38. The lowest BCUT2D eigenvalue weighted by Crippen LogP contribution is -3.16. The molecule has 0 aromatic heterocycles. The zero-order chi connectivity index (χ0) is 15.2. The van der Waals surface area contributed by atoms with E-state index in [2.05, 4.69) is 10.9 Å². The molecule has 1 aliphatic rings. The first-order valence-corrected chi connectivity index (χ1v) is 7.18. The fourth-order valence-corrected chi connectivity index (χ4v) is 2.59. The molecule has 2 amide bonds. The number of benzene rings is 1. The summed E-state index contributed by atoms with van der Waals surface area (Å²) in [6.45, 7) is 5.93. The lowest BCUT2D eigenvalue weighted by Gasteiger charge is -2.31. The number of carbonyl (C=O) groups excluding carboxylic acids is 2. The Kier molecular flexibility index (Phi) is 5.30. The predicted octanol–water partition coefficient (Wildman–Crippen LogP) is -0.860. The lowest BCUT2D eigenvalue weighted by molar-refractivity contribution is -0.907. The minimum absolute atomic E-state index is 0.149. The van der Waals surface area contributed by atoms with Crippen LogP contribution in [-0.2, 0) is 9.53 Å². The maximum absolute atomic E-state index is 11.9. The first kappa shape index (κ1) is 15.5. The summed E-state index contributed by atoms with van der Waals surface area (Å²) >= 11 is 0. The largest absolute Gasteiger partial charge is 0.364 e. The summed E-state index contributed by atoms with van der Waals surface area (Å²) in [5, 5.41) is 0. The van der Waals surface area contributed by atoms with Crippen LogP contribution in [-0.4, -0.2) is 43.7 Å². The van der Waals surface area contributed by atoms with Crippen molar-refractivity contribution in [2.45, 2.75) is 26.1 Å². The van der Waals surface area contributed by atoms with Gasteiger partial charge in [-0.3, -0.25) is 20.4 Å². The second-order valence-electron chi connectivity index (χ2n) is 5.46. The van der Waals surface area contributed by atoms with E-state index in [0.717, 1.165) is 18.0 Å². The van der Waals surface area contributed by atoms with E-state index in [1.54, 1.807) is 24.3 Å². The fourth-order valence-electron chi connectivity index (χ4n) is 2.59. The monoisotopic (exact) mass is 292 g/mol. The average Bonchev–Trinajstić information content (AvgIpc) is 2.44. The molecule has 6 heteroatoms. The number of carbonyl (C=O) groups is 2. The van der Waals surface area contributed by atoms with Gasteiger partial charge in [-0.25, -0.2) is 0 Å². The van der Waals surface area contributed by atoms with Gasteiger partial charge in [0.15, 0.2) is 6.54 Å². The van der Waals surface area contributed by atoms with E-state index >= 15 is 0 Å². The molecular weight excluding hydrogens is 270 g/mol. The van der Waals surface area contributed by atoms with Crippen LogP contribution in [0.15, 0.2) is 30.3 Å². The molecule has 0 bridgehead atoms. The number of hydrazine groups is 1. The summed E-state index contributed by atoms with van der Waals surface area (Å²) in [6, 6.07) is 8.77. The summed E-state index contributed by atoms with van der Waals surface area (Å²) in [6.07, 6.45) is 0.297. The Morgan fingerprint density at radius 2 is 1.76 bits per heavy atom. The Morgan fingerprint density at radius 1 is 1.14 bits per heavy atom. The minimum Gasteiger partial charge on any atom is -0.364 e. The van der Waals surface area contributed by atoms with Crippen molar-refractivity contribution in [1.29, 1.82) is 0 Å². The van der Waals surface area contributed by atoms with Gasteiger partial charge in [0.1, 0.15) is 25.3 Å². The Hall–Kier alpha value is -1.92. The van der Waals surface area contributed by atoms with Gasteiger partial charge in [0, 0.05) is 5.56 Å². The van der Waals surface area contributed by atoms with Gasteiger partial charge in [-0.15, -0.1) is 0 Å². The van der Waals surface area contributed by atoms with Crippen LogP contribution in [0.1, 0.15) is 24.2 Å². The second-order valence-corrected chi connectivity index (χ2v) is 5.46. The van der Waals surface area contributed by atoms with E-state index in [-0.39, 0.29) is 24.0 Å². The van der Waals surface area contributed by atoms with Crippen molar-refractivity contribution in [1.82, 2.24) is 10.9 Å². The van der Waals surface area contributed by atoms with E-state index in [0.29, 0.717) is 12.1 Å². The number of hydrogen-bond donors (Lipinski definition) is 3. The Balaban J connectivity index is 1.76. The first-order valence-electron chi connectivity index (χ1n) is 7.18. The maximum Gasteiger partial charge on any atom is 0.293 e. The highest BCUT2D eigenvalue weighted by atomic mass is 16.5. The Morgan fingerprint density at radius 3 is 2.38 bits per heavy atom. The first-order chi connectivity index (χ1) is 10.0. The van der Waals surface area contributed by atoms with Crippen molar-refractivity contribution in [2.75, 3.05) is 19.6 Å². The third-order valence-electron chi connectivity index (χ3n) is 3.38. The summed E-state index contributed by atoms with van der Waals surface area (Å²) in [5.41, 5.74) is 5.40. The molecule has 114 valence electrons. The van der Waals surface area contributed by atoms with Crippen molar-refractivity contribution in [3.63, 3.8) is 0 Å². The van der Waals surface area contributed by atoms with E-state index in [9.17, 15) is 9.59 Å². The summed E-state index contributed by atoms with van der Waals surface area (Å²) < 4.78 is 5.63. The van der Waals surface area contributed by atoms with Crippen LogP contribution in [0, 0.1) is 0 Å². The van der Waals surface area contributed by atoms with Crippen LogP contribution in [0.2, 0.25) is 0 Å². The number of amides is 2. The van der Waals surface area contributed by atoms with Gasteiger partial charge in [0.25, 0.3) is 11.8 Å². The van der Waals surface area contributed by atoms with Crippen LogP contribution in [0.25, 0.3) is 0 Å². The molecule has 21 heavy (non-hydrogen) atoms. The maximum atomic E-state index is 11.9. The van der Waals surface area contributed by atoms with Gasteiger partial charge in [-0.05, 0) is 26.0 Å². The van der Waals surface area contributed by atoms with Gasteiger partial charge >= 0.3 is 0 Å². The minimum atomic E-state index is -0.317. The molecule has 2 atom stereocenters. The molecule has 1 saturated heterocycles. The topological polar surface area (TPSA) is 71.9 Å². The van der Waals surface area contributed by atoms with Crippen molar-refractivity contribution < 1.29 is 19.2 Å². The standard InChI is InChI=1S/C15H21N3O3/c1-11-8-18(9-12(2)21-11)10-14(19)16-17-15(20)13-6-4-3-5-7-13/h3-7,11-12H,8-10H2,1-2H3,(H,16,19)(H,17,20)/p+1/t11-,12-/m1/s1. The molecule has 2 rings (SSSR count). The summed E-state index contributed by atoms with van der Waals surface area (Å²) in [7, 11) is 0. The number of hydrogen-bond acceptors (Lipinski definition) is 3. The van der Waals surface area contributed by atoms with Crippen molar-refractivity contribution in [3.05, 3.63) is 35.9 Å². The number of ether oxygens (including phenoxy) is 1. The zero-order valence-corrected chi connectivity index (χ0v) is 12.4. The number of morpholine rings is 1. The Labute approximate surface area is 124 Å². The number of rotatable bonds is 3. The zero-order valence-electron chi connectivity index (χ0n) is 12.4. The van der Waals surface area contributed by atoms with E-state index in [1.165, 1.54) is 0 Å². The molecule has 1 aliphatic heterocycles. The molecule has 0 saturated carbocycles. The number of quaternary nitrogens is 1. The van der Waals surface area contributed by atoms with Crippen LogP contribution >= 0.6 is 0 Å². The molecule has 1 fully saturated rings. The van der Waals surface area contributed by atoms with Gasteiger partial charge < -0.3 is 9.64 Å². The molecule has 1 aromatic carbocycles. The van der Waals surface area contributed by atoms with Crippen molar-refractivity contribution in [2.24, 2.45) is 0 Å². The van der Waals surface area contributed by atoms with E-state index in [1.807, 2.05) is 19.9 Å².